The number of carbonyl (C=O) groups is 1. The molecule has 0 saturated heterocycles. The van der Waals surface area contributed by atoms with Gasteiger partial charge in [0.2, 0.25) is 5.91 Å². The molecule has 0 aliphatic rings. The quantitative estimate of drug-likeness (QED) is 0.441. The van der Waals surface area contributed by atoms with E-state index in [-0.39, 0.29) is 35.9 Å². The van der Waals surface area contributed by atoms with Crippen molar-refractivity contribution >= 4 is 27.8 Å². The molecule has 33 heavy (non-hydrogen) atoms. The van der Waals surface area contributed by atoms with Crippen LogP contribution in [0.1, 0.15) is 58.4 Å². The van der Waals surface area contributed by atoms with Crippen molar-refractivity contribution in [1.29, 1.82) is 0 Å². The van der Waals surface area contributed by atoms with E-state index < -0.39 is 0 Å². The molecular weight excluding hydrogens is 416 g/mol. The predicted octanol–water partition coefficient (Wildman–Crippen LogP) is 4.02. The number of amides is 1. The van der Waals surface area contributed by atoms with E-state index in [1.54, 1.807) is 18.2 Å². The number of fused-ring (bicyclic) bond motifs is 2. The van der Waals surface area contributed by atoms with E-state index in [0.717, 1.165) is 16.9 Å². The molecule has 0 saturated carbocycles. The summed E-state index contributed by atoms with van der Waals surface area (Å²) in [6.45, 7) is 8.75. The lowest BCUT2D eigenvalue weighted by atomic mass is 10.0. The Labute approximate surface area is 192 Å². The van der Waals surface area contributed by atoms with E-state index in [1.165, 1.54) is 4.68 Å². The van der Waals surface area contributed by atoms with Crippen LogP contribution in [0, 0.1) is 5.92 Å². The third kappa shape index (κ3) is 4.65. The van der Waals surface area contributed by atoms with Gasteiger partial charge in [-0.3, -0.25) is 9.59 Å². The van der Waals surface area contributed by atoms with Gasteiger partial charge in [-0.2, -0.15) is 0 Å². The van der Waals surface area contributed by atoms with Crippen molar-refractivity contribution in [2.75, 3.05) is 0 Å². The van der Waals surface area contributed by atoms with Gasteiger partial charge in [-0.05, 0) is 50.5 Å². The van der Waals surface area contributed by atoms with Crippen LogP contribution < -0.4 is 10.9 Å². The van der Waals surface area contributed by atoms with Crippen LogP contribution in [0.3, 0.4) is 0 Å². The second-order valence-electron chi connectivity index (χ2n) is 8.95. The Morgan fingerprint density at radius 3 is 2.42 bits per heavy atom. The van der Waals surface area contributed by atoms with E-state index >= 15 is 0 Å². The molecule has 0 bridgehead atoms. The van der Waals surface area contributed by atoms with Gasteiger partial charge in [-0.1, -0.05) is 43.3 Å². The molecule has 0 fully saturated rings. The molecule has 8 heteroatoms. The lowest BCUT2D eigenvalue weighted by Crippen LogP contribution is -2.34. The summed E-state index contributed by atoms with van der Waals surface area (Å²) in [4.78, 5) is 30.3. The highest BCUT2D eigenvalue weighted by Crippen LogP contribution is 2.28. The van der Waals surface area contributed by atoms with Crippen LogP contribution in [-0.4, -0.2) is 30.5 Å². The van der Waals surface area contributed by atoms with Crippen LogP contribution >= 0.6 is 0 Å². The third-order valence-electron chi connectivity index (χ3n) is 5.80. The fourth-order valence-electron chi connectivity index (χ4n) is 4.16. The van der Waals surface area contributed by atoms with Gasteiger partial charge < -0.3 is 9.88 Å². The SMILES string of the molecule is CC(C)C(NC(=O)CCCn1nnc2ccccc2c1=O)c1nc2ccccc2n1C(C)C. The van der Waals surface area contributed by atoms with Crippen LogP contribution in [0.2, 0.25) is 0 Å². The molecular formula is C25H30N6O2. The molecule has 1 N–H and O–H groups in total. The summed E-state index contributed by atoms with van der Waals surface area (Å²) >= 11 is 0. The minimum absolute atomic E-state index is 0.0714. The van der Waals surface area contributed by atoms with Crippen molar-refractivity contribution in [3.8, 4) is 0 Å². The monoisotopic (exact) mass is 446 g/mol. The lowest BCUT2D eigenvalue weighted by Gasteiger charge is -2.25. The second-order valence-corrected chi connectivity index (χ2v) is 8.95. The number of carbonyl (C=O) groups excluding carboxylic acids is 1. The van der Waals surface area contributed by atoms with E-state index in [9.17, 15) is 9.59 Å². The van der Waals surface area contributed by atoms with Crippen LogP contribution in [0.15, 0.2) is 53.3 Å². The van der Waals surface area contributed by atoms with Crippen molar-refractivity contribution in [3.63, 3.8) is 0 Å². The molecule has 0 aliphatic heterocycles. The number of rotatable bonds is 8. The summed E-state index contributed by atoms with van der Waals surface area (Å²) in [6, 6.07) is 15.2. The van der Waals surface area contributed by atoms with Gasteiger partial charge in [0.1, 0.15) is 11.3 Å². The van der Waals surface area contributed by atoms with Gasteiger partial charge in [0.25, 0.3) is 5.56 Å². The number of benzene rings is 2. The first-order chi connectivity index (χ1) is 15.9. The molecule has 172 valence electrons. The van der Waals surface area contributed by atoms with Crippen molar-refractivity contribution in [2.24, 2.45) is 5.92 Å². The normalized spacial score (nSPS) is 12.7. The van der Waals surface area contributed by atoms with Gasteiger partial charge >= 0.3 is 0 Å². The first kappa shape index (κ1) is 22.6. The number of imidazole rings is 1. The molecule has 2 aromatic heterocycles. The Bertz CT molecular complexity index is 1340. The summed E-state index contributed by atoms with van der Waals surface area (Å²) in [5.74, 6) is 0.960. The molecule has 1 unspecified atom stereocenters. The lowest BCUT2D eigenvalue weighted by molar-refractivity contribution is -0.122. The summed E-state index contributed by atoms with van der Waals surface area (Å²) < 4.78 is 3.53. The predicted molar refractivity (Wildman–Crippen MR) is 129 cm³/mol. The van der Waals surface area contributed by atoms with Gasteiger partial charge in [-0.25, -0.2) is 9.67 Å². The molecule has 2 heterocycles. The summed E-state index contributed by atoms with van der Waals surface area (Å²) in [5.41, 5.74) is 2.38. The van der Waals surface area contributed by atoms with E-state index in [0.29, 0.717) is 23.9 Å². The number of aryl methyl sites for hydroxylation is 1. The number of hydrogen-bond acceptors (Lipinski definition) is 5. The second kappa shape index (κ2) is 9.52. The maximum atomic E-state index is 12.8. The Kier molecular flexibility index (Phi) is 6.53. The van der Waals surface area contributed by atoms with Crippen LogP contribution in [0.5, 0.6) is 0 Å². The zero-order valence-electron chi connectivity index (χ0n) is 19.5. The standard InChI is InChI=1S/C25H30N6O2/c1-16(2)23(24-26-20-12-7-8-13-21(20)31(24)17(3)4)27-22(32)14-9-15-30-25(33)18-10-5-6-11-19(18)28-29-30/h5-8,10-13,16-17,23H,9,14-15H2,1-4H3,(H,27,32). The van der Waals surface area contributed by atoms with Crippen molar-refractivity contribution in [3.05, 3.63) is 64.7 Å². The largest absolute Gasteiger partial charge is 0.346 e. The Morgan fingerprint density at radius 2 is 1.70 bits per heavy atom. The highest BCUT2D eigenvalue weighted by atomic mass is 16.1. The van der Waals surface area contributed by atoms with Crippen molar-refractivity contribution < 1.29 is 4.79 Å². The first-order valence-electron chi connectivity index (χ1n) is 11.5. The third-order valence-corrected chi connectivity index (χ3v) is 5.80. The molecule has 0 spiro atoms. The van der Waals surface area contributed by atoms with Crippen LogP contribution in [0.4, 0.5) is 0 Å². The molecule has 4 aromatic rings. The highest BCUT2D eigenvalue weighted by Gasteiger charge is 2.25. The molecule has 8 nitrogen and oxygen atoms in total. The molecule has 4 rings (SSSR count). The highest BCUT2D eigenvalue weighted by molar-refractivity contribution is 5.78. The molecule has 2 aromatic carbocycles. The number of hydrogen-bond donors (Lipinski definition) is 1. The number of nitrogens with zero attached hydrogens (tertiary/aromatic N) is 5. The van der Waals surface area contributed by atoms with Crippen molar-refractivity contribution in [2.45, 2.75) is 59.2 Å². The number of nitrogens with one attached hydrogen (secondary N) is 1. The zero-order chi connectivity index (χ0) is 23.5. The maximum Gasteiger partial charge on any atom is 0.277 e. The van der Waals surface area contributed by atoms with Crippen LogP contribution in [-0.2, 0) is 11.3 Å². The number of para-hydroxylation sites is 2. The average Bonchev–Trinajstić information content (AvgIpc) is 3.18. The summed E-state index contributed by atoms with van der Waals surface area (Å²) in [7, 11) is 0. The summed E-state index contributed by atoms with van der Waals surface area (Å²) in [6.07, 6.45) is 0.774. The van der Waals surface area contributed by atoms with Gasteiger partial charge in [0, 0.05) is 19.0 Å². The minimum Gasteiger partial charge on any atom is -0.346 e. The topological polar surface area (TPSA) is 94.7 Å². The molecule has 1 amide bonds. The van der Waals surface area contributed by atoms with Crippen molar-refractivity contribution in [1.82, 2.24) is 29.9 Å². The van der Waals surface area contributed by atoms with E-state index in [2.05, 4.69) is 54.0 Å². The molecule has 0 aliphatic carbocycles. The first-order valence-corrected chi connectivity index (χ1v) is 11.5. The van der Waals surface area contributed by atoms with Gasteiger partial charge in [-0.15, -0.1) is 5.10 Å². The number of aromatic nitrogens is 5. The van der Waals surface area contributed by atoms with E-state index in [4.69, 9.17) is 4.98 Å². The fourth-order valence-corrected chi connectivity index (χ4v) is 4.16. The Morgan fingerprint density at radius 1 is 1.00 bits per heavy atom. The van der Waals surface area contributed by atoms with Gasteiger partial charge in [0.15, 0.2) is 0 Å². The zero-order valence-corrected chi connectivity index (χ0v) is 19.5. The smallest absolute Gasteiger partial charge is 0.277 e. The average molecular weight is 447 g/mol. The fraction of sp³-hybridized carbons (Fsp3) is 0.400. The maximum absolute atomic E-state index is 12.8. The Balaban J connectivity index is 1.47. The Hall–Kier alpha value is -3.55. The van der Waals surface area contributed by atoms with E-state index in [1.807, 2.05) is 24.3 Å². The molecule has 1 atom stereocenters. The van der Waals surface area contributed by atoms with Crippen LogP contribution in [0.25, 0.3) is 21.9 Å². The van der Waals surface area contributed by atoms with Gasteiger partial charge in [0.05, 0.1) is 22.5 Å². The molecule has 0 radical (unpaired) electrons. The minimum atomic E-state index is -0.213. The summed E-state index contributed by atoms with van der Waals surface area (Å²) in [5, 5.41) is 11.8.